The predicted octanol–water partition coefficient (Wildman–Crippen LogP) is 2.88. The van der Waals surface area contributed by atoms with Crippen molar-refractivity contribution < 1.29 is 4.79 Å². The smallest absolute Gasteiger partial charge is 0.266 e. The summed E-state index contributed by atoms with van der Waals surface area (Å²) in [7, 11) is 0. The van der Waals surface area contributed by atoms with Gasteiger partial charge in [0.05, 0.1) is 4.90 Å². The first-order valence-corrected chi connectivity index (χ1v) is 7.38. The number of nitrogens with two attached hydrogens (primary N) is 2. The molecule has 0 atom stereocenters. The first kappa shape index (κ1) is 13.7. The number of amides is 1. The van der Waals surface area contributed by atoms with Crippen LogP contribution in [0.15, 0.2) is 58.3 Å². The zero-order valence-corrected chi connectivity index (χ0v) is 12.1. The molecule has 3 rings (SSSR count). The maximum Gasteiger partial charge on any atom is 0.266 e. The number of nitrogens with one attached hydrogen (secondary N) is 1. The Bertz CT molecular complexity index is 796. The molecule has 0 aliphatic carbocycles. The molecule has 1 heterocycles. The van der Waals surface area contributed by atoms with Crippen LogP contribution >= 0.6 is 11.8 Å². The van der Waals surface area contributed by atoms with Gasteiger partial charge < -0.3 is 16.5 Å². The van der Waals surface area contributed by atoms with Crippen LogP contribution in [0.1, 0.15) is 16.1 Å². The molecule has 5 heteroatoms. The van der Waals surface area contributed by atoms with Gasteiger partial charge in [-0.3, -0.25) is 4.79 Å². The van der Waals surface area contributed by atoms with E-state index in [0.29, 0.717) is 12.2 Å². The average molecular weight is 297 g/mol. The third kappa shape index (κ3) is 2.66. The van der Waals surface area contributed by atoms with Crippen molar-refractivity contribution in [1.82, 2.24) is 4.98 Å². The summed E-state index contributed by atoms with van der Waals surface area (Å²) in [6.07, 6.45) is 0. The maximum atomic E-state index is 11.7. The van der Waals surface area contributed by atoms with Gasteiger partial charge in [0.25, 0.3) is 5.91 Å². The normalized spacial score (nSPS) is 10.9. The van der Waals surface area contributed by atoms with E-state index in [-0.39, 0.29) is 0 Å². The molecule has 0 radical (unpaired) electrons. The number of aromatic amines is 1. The number of hydrogen-bond donors (Lipinski definition) is 3. The highest BCUT2D eigenvalue weighted by molar-refractivity contribution is 7.99. The summed E-state index contributed by atoms with van der Waals surface area (Å²) in [4.78, 5) is 16.7. The molecule has 0 fully saturated rings. The molecular weight excluding hydrogens is 282 g/mol. The van der Waals surface area contributed by atoms with Crippen molar-refractivity contribution in [2.24, 2.45) is 11.5 Å². The van der Waals surface area contributed by atoms with Crippen LogP contribution in [0.2, 0.25) is 0 Å². The van der Waals surface area contributed by atoms with Gasteiger partial charge in [0, 0.05) is 22.3 Å². The van der Waals surface area contributed by atoms with Crippen molar-refractivity contribution in [3.63, 3.8) is 0 Å². The van der Waals surface area contributed by atoms with Gasteiger partial charge in [-0.2, -0.15) is 0 Å². The van der Waals surface area contributed by atoms with Gasteiger partial charge in [0.15, 0.2) is 0 Å². The summed E-state index contributed by atoms with van der Waals surface area (Å²) < 4.78 is 0. The molecule has 5 N–H and O–H groups in total. The van der Waals surface area contributed by atoms with Crippen molar-refractivity contribution in [3.05, 3.63) is 59.8 Å². The fraction of sp³-hybridized carbons (Fsp3) is 0.0625. The van der Waals surface area contributed by atoms with Crippen molar-refractivity contribution in [1.29, 1.82) is 0 Å². The van der Waals surface area contributed by atoms with E-state index in [9.17, 15) is 4.79 Å². The Morgan fingerprint density at radius 2 is 1.90 bits per heavy atom. The van der Waals surface area contributed by atoms with Gasteiger partial charge >= 0.3 is 0 Å². The molecular formula is C16H15N3OS. The highest BCUT2D eigenvalue weighted by atomic mass is 32.2. The van der Waals surface area contributed by atoms with Crippen LogP contribution in [0.25, 0.3) is 10.9 Å². The number of carbonyl (C=O) groups is 1. The average Bonchev–Trinajstić information content (AvgIpc) is 2.86. The topological polar surface area (TPSA) is 84.9 Å². The molecule has 21 heavy (non-hydrogen) atoms. The minimum Gasteiger partial charge on any atom is -0.364 e. The van der Waals surface area contributed by atoms with Gasteiger partial charge in [0.1, 0.15) is 5.69 Å². The Kier molecular flexibility index (Phi) is 3.68. The standard InChI is InChI=1S/C16H15N3OS/c17-9-10-6-7-12-13(8-10)19-14(16(18)20)15(12)21-11-4-2-1-3-5-11/h1-8,19H,9,17H2,(H2,18,20). The molecule has 0 saturated heterocycles. The minimum absolute atomic E-state index is 0.438. The quantitative estimate of drug-likeness (QED) is 0.692. The highest BCUT2D eigenvalue weighted by Crippen LogP contribution is 2.36. The van der Waals surface area contributed by atoms with Gasteiger partial charge in [-0.05, 0) is 23.8 Å². The molecule has 0 unspecified atom stereocenters. The number of fused-ring (bicyclic) bond motifs is 1. The number of benzene rings is 2. The number of carbonyl (C=O) groups excluding carboxylic acids is 1. The van der Waals surface area contributed by atoms with Crippen LogP contribution < -0.4 is 11.5 Å². The monoisotopic (exact) mass is 297 g/mol. The maximum absolute atomic E-state index is 11.7. The molecule has 4 nitrogen and oxygen atoms in total. The molecule has 0 aliphatic rings. The third-order valence-corrected chi connectivity index (χ3v) is 4.40. The molecule has 0 saturated carbocycles. The molecule has 1 amide bonds. The number of rotatable bonds is 4. The zero-order chi connectivity index (χ0) is 14.8. The first-order valence-electron chi connectivity index (χ1n) is 6.56. The van der Waals surface area contributed by atoms with E-state index in [0.717, 1.165) is 26.3 Å². The van der Waals surface area contributed by atoms with Crippen molar-refractivity contribution in [2.75, 3.05) is 0 Å². The molecule has 106 valence electrons. The Morgan fingerprint density at radius 1 is 1.14 bits per heavy atom. The van der Waals surface area contributed by atoms with E-state index in [1.807, 2.05) is 48.5 Å². The summed E-state index contributed by atoms with van der Waals surface area (Å²) in [6.45, 7) is 0.460. The molecule has 2 aromatic carbocycles. The van der Waals surface area contributed by atoms with Crippen LogP contribution in [0.3, 0.4) is 0 Å². The fourth-order valence-corrected chi connectivity index (χ4v) is 3.30. The van der Waals surface area contributed by atoms with E-state index in [1.54, 1.807) is 0 Å². The zero-order valence-electron chi connectivity index (χ0n) is 11.3. The van der Waals surface area contributed by atoms with Crippen LogP contribution in [0.4, 0.5) is 0 Å². The molecule has 0 aliphatic heterocycles. The number of hydrogen-bond acceptors (Lipinski definition) is 3. The van der Waals surface area contributed by atoms with E-state index >= 15 is 0 Å². The summed E-state index contributed by atoms with van der Waals surface area (Å²) in [5, 5.41) is 0.981. The summed E-state index contributed by atoms with van der Waals surface area (Å²) in [5.74, 6) is -0.459. The van der Waals surface area contributed by atoms with Crippen molar-refractivity contribution in [3.8, 4) is 0 Å². The van der Waals surface area contributed by atoms with Gasteiger partial charge in [0.2, 0.25) is 0 Å². The Hall–Kier alpha value is -2.24. The van der Waals surface area contributed by atoms with Crippen LogP contribution in [-0.2, 0) is 6.54 Å². The fourth-order valence-electron chi connectivity index (χ4n) is 2.23. The van der Waals surface area contributed by atoms with E-state index < -0.39 is 5.91 Å². The Balaban J connectivity index is 2.14. The van der Waals surface area contributed by atoms with Crippen molar-refractivity contribution in [2.45, 2.75) is 16.3 Å². The lowest BCUT2D eigenvalue weighted by molar-refractivity contribution is 0.0993. The second-order valence-electron chi connectivity index (χ2n) is 4.69. The second-order valence-corrected chi connectivity index (χ2v) is 5.78. The first-order chi connectivity index (χ1) is 10.2. The molecule has 0 bridgehead atoms. The van der Waals surface area contributed by atoms with Crippen LogP contribution in [0.5, 0.6) is 0 Å². The number of H-pyrrole nitrogens is 1. The van der Waals surface area contributed by atoms with Gasteiger partial charge in [-0.25, -0.2) is 0 Å². The molecule has 0 spiro atoms. The van der Waals surface area contributed by atoms with Crippen molar-refractivity contribution >= 4 is 28.6 Å². The number of aromatic nitrogens is 1. The predicted molar refractivity (Wildman–Crippen MR) is 85.3 cm³/mol. The lowest BCUT2D eigenvalue weighted by Gasteiger charge is -2.02. The summed E-state index contributed by atoms with van der Waals surface area (Å²) in [6, 6.07) is 15.8. The van der Waals surface area contributed by atoms with E-state index in [4.69, 9.17) is 11.5 Å². The Morgan fingerprint density at radius 3 is 2.57 bits per heavy atom. The van der Waals surface area contributed by atoms with E-state index in [2.05, 4.69) is 4.98 Å². The minimum atomic E-state index is -0.459. The summed E-state index contributed by atoms with van der Waals surface area (Å²) >= 11 is 1.53. The highest BCUT2D eigenvalue weighted by Gasteiger charge is 2.16. The lowest BCUT2D eigenvalue weighted by Crippen LogP contribution is -2.12. The molecule has 1 aromatic heterocycles. The lowest BCUT2D eigenvalue weighted by atomic mass is 10.1. The summed E-state index contributed by atoms with van der Waals surface area (Å²) in [5.41, 5.74) is 13.5. The van der Waals surface area contributed by atoms with Crippen LogP contribution in [0, 0.1) is 0 Å². The number of primary amides is 1. The van der Waals surface area contributed by atoms with Gasteiger partial charge in [-0.1, -0.05) is 42.1 Å². The second kappa shape index (κ2) is 5.63. The third-order valence-electron chi connectivity index (χ3n) is 3.26. The molecule has 3 aromatic rings. The van der Waals surface area contributed by atoms with Crippen LogP contribution in [-0.4, -0.2) is 10.9 Å². The van der Waals surface area contributed by atoms with E-state index in [1.165, 1.54) is 11.8 Å². The largest absolute Gasteiger partial charge is 0.364 e. The SMILES string of the molecule is NCc1ccc2c(Sc3ccccc3)c(C(N)=O)[nH]c2c1. The van der Waals surface area contributed by atoms with Gasteiger partial charge in [-0.15, -0.1) is 0 Å². The Labute approximate surface area is 126 Å².